The lowest BCUT2D eigenvalue weighted by molar-refractivity contribution is -0.342. The highest BCUT2D eigenvalue weighted by molar-refractivity contribution is 6.02. The summed E-state index contributed by atoms with van der Waals surface area (Å²) in [4.78, 5) is 69.1. The number of rotatable bonds is 6. The van der Waals surface area contributed by atoms with E-state index in [1.807, 2.05) is 0 Å². The SMILES string of the molecule is C[C@]1(C(=O)ON2C(=O)CCC2=O)CC/C=C/[C@@H](OC(O)ON2C(=O)CCC2=O)CC1. The molecule has 0 aromatic rings. The van der Waals surface area contributed by atoms with Crippen molar-refractivity contribution in [2.75, 3.05) is 0 Å². The Morgan fingerprint density at radius 2 is 1.60 bits per heavy atom. The minimum absolute atomic E-state index is 0.0113. The molecule has 3 atom stereocenters. The standard InChI is InChI=1S/C19H24N2O9/c1-19(17(26)29-20-13(22)5-6-14(20)23)10-3-2-4-12(9-11-19)28-18(27)30-21-15(24)7-8-16(21)25/h2,4,12,18,27H,3,5-11H2,1H3/b4-2+/t12-,18?,19+/m1/s1. The first kappa shape index (κ1) is 22.1. The number of allylic oxidation sites excluding steroid dienone is 1. The largest absolute Gasteiger partial charge is 0.344 e. The molecule has 30 heavy (non-hydrogen) atoms. The van der Waals surface area contributed by atoms with Gasteiger partial charge in [-0.3, -0.25) is 19.2 Å². The Morgan fingerprint density at radius 1 is 1.03 bits per heavy atom. The number of ether oxygens (including phenoxy) is 1. The van der Waals surface area contributed by atoms with Crippen molar-refractivity contribution in [3.63, 3.8) is 0 Å². The third-order valence-corrected chi connectivity index (χ3v) is 5.36. The monoisotopic (exact) mass is 424 g/mol. The van der Waals surface area contributed by atoms with Crippen molar-refractivity contribution in [2.24, 2.45) is 5.41 Å². The number of carbonyl (C=O) groups excluding carboxylic acids is 5. The maximum Gasteiger partial charge on any atom is 0.339 e. The summed E-state index contributed by atoms with van der Waals surface area (Å²) < 4.78 is 5.36. The van der Waals surface area contributed by atoms with Gasteiger partial charge in [0.2, 0.25) is 0 Å². The minimum atomic E-state index is -1.84. The Balaban J connectivity index is 1.56. The van der Waals surface area contributed by atoms with Crippen LogP contribution in [0.5, 0.6) is 0 Å². The van der Waals surface area contributed by atoms with E-state index in [1.54, 1.807) is 19.1 Å². The second-order valence-corrected chi connectivity index (χ2v) is 7.70. The van der Waals surface area contributed by atoms with Gasteiger partial charge in [-0.2, -0.15) is 0 Å². The van der Waals surface area contributed by atoms with E-state index in [0.29, 0.717) is 23.0 Å². The van der Waals surface area contributed by atoms with E-state index >= 15 is 0 Å². The molecule has 2 heterocycles. The molecule has 0 spiro atoms. The summed E-state index contributed by atoms with van der Waals surface area (Å²) in [6.45, 7) is -0.173. The van der Waals surface area contributed by atoms with Gasteiger partial charge in [-0.15, -0.1) is 10.1 Å². The average Bonchev–Trinajstić information content (AvgIpc) is 3.17. The van der Waals surface area contributed by atoms with Gasteiger partial charge < -0.3 is 14.7 Å². The van der Waals surface area contributed by atoms with Crippen LogP contribution in [-0.4, -0.2) is 57.4 Å². The Morgan fingerprint density at radius 3 is 2.20 bits per heavy atom. The van der Waals surface area contributed by atoms with Crippen molar-refractivity contribution in [1.29, 1.82) is 0 Å². The number of aliphatic hydroxyl groups is 1. The molecule has 0 radical (unpaired) electrons. The molecule has 11 nitrogen and oxygen atoms in total. The molecule has 0 saturated carbocycles. The number of hydrogen-bond donors (Lipinski definition) is 1. The summed E-state index contributed by atoms with van der Waals surface area (Å²) in [6, 6.07) is 0. The minimum Gasteiger partial charge on any atom is -0.344 e. The van der Waals surface area contributed by atoms with Crippen LogP contribution < -0.4 is 0 Å². The normalized spacial score (nSPS) is 29.7. The Bertz CT molecular complexity index is 748. The molecule has 3 rings (SSSR count). The van der Waals surface area contributed by atoms with Crippen molar-refractivity contribution in [2.45, 2.75) is 70.9 Å². The van der Waals surface area contributed by atoms with E-state index in [-0.39, 0.29) is 38.5 Å². The number of imide groups is 2. The summed E-state index contributed by atoms with van der Waals surface area (Å²) in [7, 11) is 0. The second-order valence-electron chi connectivity index (χ2n) is 7.70. The Labute approximate surface area is 172 Å². The maximum atomic E-state index is 12.7. The molecule has 2 aliphatic heterocycles. The molecule has 2 saturated heterocycles. The molecule has 0 aromatic heterocycles. The molecule has 1 N–H and O–H groups in total. The second kappa shape index (κ2) is 9.02. The summed E-state index contributed by atoms with van der Waals surface area (Å²) >= 11 is 0. The quantitative estimate of drug-likeness (QED) is 0.366. The lowest BCUT2D eigenvalue weighted by Gasteiger charge is -2.31. The predicted octanol–water partition coefficient (Wildman–Crippen LogP) is 0.472. The number of nitrogens with zero attached hydrogens (tertiary/aromatic N) is 2. The zero-order valence-corrected chi connectivity index (χ0v) is 16.6. The zero-order chi connectivity index (χ0) is 21.9. The Hall–Kier alpha value is -2.63. The molecular weight excluding hydrogens is 400 g/mol. The number of amides is 4. The van der Waals surface area contributed by atoms with Gasteiger partial charge in [-0.05, 0) is 32.6 Å². The van der Waals surface area contributed by atoms with Crippen molar-refractivity contribution >= 4 is 29.6 Å². The van der Waals surface area contributed by atoms with E-state index in [4.69, 9.17) is 14.4 Å². The maximum absolute atomic E-state index is 12.7. The van der Waals surface area contributed by atoms with Gasteiger partial charge in [0.15, 0.2) is 0 Å². The molecular formula is C19H24N2O9. The molecule has 2 fully saturated rings. The van der Waals surface area contributed by atoms with E-state index < -0.39 is 47.6 Å². The molecule has 0 aromatic carbocycles. The van der Waals surface area contributed by atoms with E-state index in [2.05, 4.69) is 0 Å². The van der Waals surface area contributed by atoms with Crippen LogP contribution in [0, 0.1) is 5.41 Å². The predicted molar refractivity (Wildman–Crippen MR) is 95.9 cm³/mol. The van der Waals surface area contributed by atoms with Crippen LogP contribution in [0.15, 0.2) is 12.2 Å². The van der Waals surface area contributed by atoms with Gasteiger partial charge in [-0.25, -0.2) is 9.63 Å². The molecule has 1 aliphatic carbocycles. The fourth-order valence-electron chi connectivity index (χ4n) is 3.44. The van der Waals surface area contributed by atoms with Gasteiger partial charge in [-0.1, -0.05) is 12.2 Å². The van der Waals surface area contributed by atoms with Gasteiger partial charge in [0.1, 0.15) is 0 Å². The van der Waals surface area contributed by atoms with Crippen LogP contribution in [0.1, 0.15) is 58.3 Å². The van der Waals surface area contributed by atoms with Crippen LogP contribution in [0.3, 0.4) is 0 Å². The van der Waals surface area contributed by atoms with Gasteiger partial charge in [0.25, 0.3) is 30.1 Å². The van der Waals surface area contributed by atoms with Gasteiger partial charge >= 0.3 is 5.97 Å². The highest BCUT2D eigenvalue weighted by Crippen LogP contribution is 2.35. The van der Waals surface area contributed by atoms with Gasteiger partial charge in [0.05, 0.1) is 11.5 Å². The van der Waals surface area contributed by atoms with Crippen molar-refractivity contribution < 1.29 is 43.5 Å². The highest BCUT2D eigenvalue weighted by Gasteiger charge is 2.41. The third-order valence-electron chi connectivity index (χ3n) is 5.36. The number of carbonyl (C=O) groups is 5. The zero-order valence-electron chi connectivity index (χ0n) is 16.6. The van der Waals surface area contributed by atoms with Gasteiger partial charge in [0, 0.05) is 25.7 Å². The average molecular weight is 424 g/mol. The Kier molecular flexibility index (Phi) is 6.64. The van der Waals surface area contributed by atoms with Crippen LogP contribution in [0.2, 0.25) is 0 Å². The van der Waals surface area contributed by atoms with Crippen LogP contribution in [0.4, 0.5) is 0 Å². The molecule has 1 unspecified atom stereocenters. The first-order valence-corrected chi connectivity index (χ1v) is 9.80. The summed E-state index contributed by atoms with van der Waals surface area (Å²) in [5.74, 6) is -2.90. The van der Waals surface area contributed by atoms with Crippen LogP contribution in [-0.2, 0) is 38.4 Å². The fraction of sp³-hybridized carbons (Fsp3) is 0.632. The van der Waals surface area contributed by atoms with Crippen LogP contribution in [0.25, 0.3) is 0 Å². The van der Waals surface area contributed by atoms with Crippen molar-refractivity contribution in [1.82, 2.24) is 10.1 Å². The lowest BCUT2D eigenvalue weighted by Crippen LogP contribution is -2.40. The third kappa shape index (κ3) is 4.91. The summed E-state index contributed by atoms with van der Waals surface area (Å²) in [6.07, 6.45) is 4.35. The first-order chi connectivity index (χ1) is 14.2. The van der Waals surface area contributed by atoms with E-state index in [9.17, 15) is 29.1 Å². The molecule has 4 amide bonds. The van der Waals surface area contributed by atoms with Crippen molar-refractivity contribution in [3.05, 3.63) is 12.2 Å². The summed E-state index contributed by atoms with van der Waals surface area (Å²) in [5.41, 5.74) is -0.984. The van der Waals surface area contributed by atoms with Crippen molar-refractivity contribution in [3.8, 4) is 0 Å². The first-order valence-electron chi connectivity index (χ1n) is 9.80. The van der Waals surface area contributed by atoms with Crippen LogP contribution >= 0.6 is 0 Å². The molecule has 11 heteroatoms. The highest BCUT2D eigenvalue weighted by atomic mass is 16.9. The number of hydroxylamine groups is 4. The number of hydrogen-bond acceptors (Lipinski definition) is 9. The topological polar surface area (TPSA) is 140 Å². The molecule has 3 aliphatic rings. The lowest BCUT2D eigenvalue weighted by atomic mass is 9.79. The smallest absolute Gasteiger partial charge is 0.339 e. The fourth-order valence-corrected chi connectivity index (χ4v) is 3.44. The van der Waals surface area contributed by atoms with E-state index in [1.165, 1.54) is 0 Å². The number of aliphatic hydroxyl groups excluding tert-OH is 1. The molecule has 0 bridgehead atoms. The molecule has 164 valence electrons. The van der Waals surface area contributed by atoms with E-state index in [0.717, 1.165) is 0 Å². The summed E-state index contributed by atoms with van der Waals surface area (Å²) in [5, 5.41) is 11.0.